The Morgan fingerprint density at radius 3 is 2.34 bits per heavy atom. The lowest BCUT2D eigenvalue weighted by Gasteiger charge is -2.15. The quantitative estimate of drug-likeness (QED) is 0.444. The summed E-state index contributed by atoms with van der Waals surface area (Å²) in [4.78, 5) is 0. The van der Waals surface area contributed by atoms with Crippen LogP contribution in [0.3, 0.4) is 0 Å². The maximum Gasteiger partial charge on any atom is 0.135 e. The number of halogens is 2. The van der Waals surface area contributed by atoms with Crippen molar-refractivity contribution < 1.29 is 8.78 Å². The van der Waals surface area contributed by atoms with Crippen LogP contribution in [0, 0.1) is 11.6 Å². The molecule has 0 fully saturated rings. The summed E-state index contributed by atoms with van der Waals surface area (Å²) in [6, 6.07) is 3.96. The van der Waals surface area contributed by atoms with Gasteiger partial charge in [0.05, 0.1) is 5.56 Å². The maximum absolute atomic E-state index is 14.2. The summed E-state index contributed by atoms with van der Waals surface area (Å²) in [5, 5.41) is 3.18. The van der Waals surface area contributed by atoms with Gasteiger partial charge in [-0.1, -0.05) is 48.4 Å². The van der Waals surface area contributed by atoms with E-state index in [1.165, 1.54) is 58.9 Å². The predicted molar refractivity (Wildman–Crippen MR) is 120 cm³/mol. The lowest BCUT2D eigenvalue weighted by Crippen LogP contribution is -2.14. The Bertz CT molecular complexity index is 858. The first-order chi connectivity index (χ1) is 13.9. The van der Waals surface area contributed by atoms with Crippen LogP contribution in [0.25, 0.3) is 5.70 Å². The largest absolute Gasteiger partial charge is 0.381 e. The van der Waals surface area contributed by atoms with Crippen LogP contribution in [0.2, 0.25) is 0 Å². The molecule has 0 unspecified atom stereocenters. The second kappa shape index (κ2) is 10.9. The van der Waals surface area contributed by atoms with Gasteiger partial charge < -0.3 is 5.32 Å². The Kier molecular flexibility index (Phi) is 8.63. The molecule has 1 aromatic rings. The Morgan fingerprint density at radius 1 is 1.14 bits per heavy atom. The molecule has 0 amide bonds. The molecule has 1 aliphatic rings. The van der Waals surface area contributed by atoms with Gasteiger partial charge in [0.1, 0.15) is 11.6 Å². The molecule has 3 heteroatoms. The monoisotopic (exact) mass is 397 g/mol. The van der Waals surface area contributed by atoms with Crippen LogP contribution in [0.5, 0.6) is 0 Å². The summed E-state index contributed by atoms with van der Waals surface area (Å²) in [7, 11) is 0. The van der Waals surface area contributed by atoms with E-state index in [0.29, 0.717) is 18.7 Å². The van der Waals surface area contributed by atoms with Crippen molar-refractivity contribution in [3.63, 3.8) is 0 Å². The van der Waals surface area contributed by atoms with Crippen LogP contribution in [-0.2, 0) is 0 Å². The Balaban J connectivity index is 2.17. The van der Waals surface area contributed by atoms with Gasteiger partial charge in [-0.3, -0.25) is 0 Å². The third-order valence-electron chi connectivity index (χ3n) is 5.24. The number of allylic oxidation sites excluding steroid dienone is 8. The molecule has 0 saturated heterocycles. The van der Waals surface area contributed by atoms with E-state index in [-0.39, 0.29) is 5.56 Å². The zero-order chi connectivity index (χ0) is 21.4. The summed E-state index contributed by atoms with van der Waals surface area (Å²) in [6.07, 6.45) is 12.3. The van der Waals surface area contributed by atoms with Crippen LogP contribution in [0.15, 0.2) is 70.4 Å². The van der Waals surface area contributed by atoms with E-state index in [9.17, 15) is 8.78 Å². The number of hydrogen-bond acceptors (Lipinski definition) is 1. The van der Waals surface area contributed by atoms with E-state index in [4.69, 9.17) is 0 Å². The zero-order valence-corrected chi connectivity index (χ0v) is 18.3. The molecular formula is C26H33F2N. The van der Waals surface area contributed by atoms with Crippen LogP contribution >= 0.6 is 0 Å². The molecule has 1 aliphatic carbocycles. The van der Waals surface area contributed by atoms with Crippen molar-refractivity contribution >= 4 is 5.70 Å². The van der Waals surface area contributed by atoms with Crippen molar-refractivity contribution in [2.24, 2.45) is 0 Å². The standard InChI is InChI=1S/C26H33F2N/c1-6-11-24(26-22(27)15-9-16-23(26)28)29-17-10-13-20(7-2)25(18(3)4)21-14-8-12-19(21)5/h7,9-11,13,15-16,29H,6,8,12,14,17H2,1-5H3/b13-10-,20-7+,24-11?. The normalized spacial score (nSPS) is 15.4. The van der Waals surface area contributed by atoms with E-state index < -0.39 is 11.6 Å². The highest BCUT2D eigenvalue weighted by Crippen LogP contribution is 2.36. The van der Waals surface area contributed by atoms with Gasteiger partial charge in [0.2, 0.25) is 0 Å². The number of nitrogens with one attached hydrogen (secondary N) is 1. The summed E-state index contributed by atoms with van der Waals surface area (Å²) in [6.45, 7) is 11.0. The van der Waals surface area contributed by atoms with Crippen LogP contribution in [-0.4, -0.2) is 6.54 Å². The molecule has 0 heterocycles. The molecule has 29 heavy (non-hydrogen) atoms. The van der Waals surface area contributed by atoms with Gasteiger partial charge in [-0.15, -0.1) is 0 Å². The summed E-state index contributed by atoms with van der Waals surface area (Å²) in [5.41, 5.74) is 7.29. The molecule has 1 aromatic carbocycles. The fourth-order valence-electron chi connectivity index (χ4n) is 3.90. The molecule has 0 aromatic heterocycles. The molecular weight excluding hydrogens is 364 g/mol. The van der Waals surface area contributed by atoms with Crippen molar-refractivity contribution in [3.8, 4) is 0 Å². The molecule has 0 spiro atoms. The van der Waals surface area contributed by atoms with Crippen LogP contribution < -0.4 is 5.32 Å². The molecule has 0 radical (unpaired) electrons. The van der Waals surface area contributed by atoms with Crippen molar-refractivity contribution in [1.82, 2.24) is 5.32 Å². The topological polar surface area (TPSA) is 12.0 Å². The molecule has 156 valence electrons. The number of rotatable bonds is 8. The minimum atomic E-state index is -0.550. The minimum Gasteiger partial charge on any atom is -0.381 e. The third-order valence-corrected chi connectivity index (χ3v) is 5.24. The highest BCUT2D eigenvalue weighted by molar-refractivity contribution is 5.65. The van der Waals surface area contributed by atoms with Gasteiger partial charge in [-0.25, -0.2) is 8.78 Å². The Morgan fingerprint density at radius 2 is 1.83 bits per heavy atom. The summed E-state index contributed by atoms with van der Waals surface area (Å²) < 4.78 is 28.3. The first-order valence-corrected chi connectivity index (χ1v) is 10.5. The second-order valence-electron chi connectivity index (χ2n) is 7.64. The van der Waals surface area contributed by atoms with Crippen LogP contribution in [0.4, 0.5) is 8.78 Å². The lowest BCUT2D eigenvalue weighted by molar-refractivity contribution is 0.574. The average Bonchev–Trinajstić information content (AvgIpc) is 3.08. The van der Waals surface area contributed by atoms with E-state index in [1.54, 1.807) is 0 Å². The highest BCUT2D eigenvalue weighted by Gasteiger charge is 2.17. The molecule has 1 N–H and O–H groups in total. The molecule has 1 nitrogen and oxygen atoms in total. The molecule has 0 saturated carbocycles. The van der Waals surface area contributed by atoms with Gasteiger partial charge in [-0.05, 0) is 82.2 Å². The fraction of sp³-hybridized carbons (Fsp3) is 0.385. The van der Waals surface area contributed by atoms with Crippen molar-refractivity contribution in [1.29, 1.82) is 0 Å². The lowest BCUT2D eigenvalue weighted by atomic mass is 9.91. The molecule has 0 atom stereocenters. The van der Waals surface area contributed by atoms with Crippen molar-refractivity contribution in [2.75, 3.05) is 6.54 Å². The third kappa shape index (κ3) is 5.79. The van der Waals surface area contributed by atoms with Gasteiger partial charge in [0, 0.05) is 12.2 Å². The zero-order valence-electron chi connectivity index (χ0n) is 18.3. The van der Waals surface area contributed by atoms with Gasteiger partial charge in [-0.2, -0.15) is 0 Å². The van der Waals surface area contributed by atoms with Crippen molar-refractivity contribution in [3.05, 3.63) is 87.6 Å². The fourth-order valence-corrected chi connectivity index (χ4v) is 3.90. The predicted octanol–water partition coefficient (Wildman–Crippen LogP) is 7.64. The molecule has 0 aliphatic heterocycles. The SMILES string of the molecule is C/C=C(\C=C/CNC(=CCC)c1c(F)cccc1F)C(=C(C)C)C1=C(C)CCC1. The van der Waals surface area contributed by atoms with E-state index >= 15 is 0 Å². The van der Waals surface area contributed by atoms with Crippen molar-refractivity contribution in [2.45, 2.75) is 60.3 Å². The van der Waals surface area contributed by atoms with E-state index in [2.05, 4.69) is 45.2 Å². The van der Waals surface area contributed by atoms with Gasteiger partial charge in [0.25, 0.3) is 0 Å². The first-order valence-electron chi connectivity index (χ1n) is 10.5. The Labute approximate surface area is 174 Å². The van der Waals surface area contributed by atoms with Crippen LogP contribution in [0.1, 0.15) is 65.9 Å². The van der Waals surface area contributed by atoms with E-state index in [1.807, 2.05) is 19.1 Å². The van der Waals surface area contributed by atoms with Gasteiger partial charge in [0.15, 0.2) is 0 Å². The van der Waals surface area contributed by atoms with Gasteiger partial charge >= 0.3 is 0 Å². The number of hydrogen-bond donors (Lipinski definition) is 1. The Hall–Kier alpha value is -2.42. The summed E-state index contributed by atoms with van der Waals surface area (Å²) in [5.74, 6) is -1.10. The molecule has 2 rings (SSSR count). The first kappa shape index (κ1) is 22.9. The maximum atomic E-state index is 14.2. The average molecular weight is 398 g/mol. The second-order valence-corrected chi connectivity index (χ2v) is 7.64. The minimum absolute atomic E-state index is 0.00531. The molecule has 0 bridgehead atoms. The number of benzene rings is 1. The smallest absolute Gasteiger partial charge is 0.135 e. The highest BCUT2D eigenvalue weighted by atomic mass is 19.1. The van der Waals surface area contributed by atoms with E-state index in [0.717, 1.165) is 6.42 Å². The summed E-state index contributed by atoms with van der Waals surface area (Å²) >= 11 is 0.